The van der Waals surface area contributed by atoms with E-state index in [9.17, 15) is 14.4 Å². The number of carbonyl (C=O) groups excluding carboxylic acids is 3. The third-order valence-electron chi connectivity index (χ3n) is 1.22. The summed E-state index contributed by atoms with van der Waals surface area (Å²) in [4.78, 5) is 31.8. The lowest BCUT2D eigenvalue weighted by Gasteiger charge is -2.05. The largest absolute Gasteiger partial charge is 0.368 e. The number of nitrogens with two attached hydrogens (primary N) is 2. The third-order valence-corrected chi connectivity index (χ3v) is 1.22. The summed E-state index contributed by atoms with van der Waals surface area (Å²) in [6.07, 6.45) is 0.628. The van der Waals surface area contributed by atoms with Crippen LogP contribution in [0.2, 0.25) is 0 Å². The first-order valence-corrected chi connectivity index (χ1v) is 3.48. The number of nitrogens with one attached hydrogen (secondary N) is 1. The van der Waals surface area contributed by atoms with Crippen LogP contribution in [0.1, 0.15) is 6.42 Å². The molecule has 5 N–H and O–H groups in total. The Balaban J connectivity index is 3.94. The summed E-state index contributed by atoms with van der Waals surface area (Å²) in [7, 11) is 0. The van der Waals surface area contributed by atoms with Gasteiger partial charge >= 0.3 is 0 Å². The summed E-state index contributed by atoms with van der Waals surface area (Å²) in [5, 5.41) is 1.93. The molecule has 0 aliphatic rings. The van der Waals surface area contributed by atoms with Crippen LogP contribution in [0.15, 0.2) is 12.7 Å². The molecule has 0 fully saturated rings. The van der Waals surface area contributed by atoms with E-state index in [4.69, 9.17) is 11.5 Å². The normalized spacial score (nSPS) is 11.5. The molecule has 0 rings (SSSR count). The molecule has 13 heavy (non-hydrogen) atoms. The fraction of sp³-hybridized carbons (Fsp3) is 0.286. The van der Waals surface area contributed by atoms with Gasteiger partial charge in [-0.25, -0.2) is 0 Å². The Morgan fingerprint density at radius 2 is 2.00 bits per heavy atom. The molecule has 0 aliphatic carbocycles. The van der Waals surface area contributed by atoms with Crippen molar-refractivity contribution in [2.45, 2.75) is 12.5 Å². The zero-order valence-electron chi connectivity index (χ0n) is 6.95. The van der Waals surface area contributed by atoms with Gasteiger partial charge in [-0.05, 0) is 6.08 Å². The quantitative estimate of drug-likeness (QED) is 0.440. The first-order chi connectivity index (χ1) is 5.97. The molecule has 0 aromatic heterocycles. The van der Waals surface area contributed by atoms with E-state index in [1.807, 2.05) is 5.32 Å². The Morgan fingerprint density at radius 3 is 2.38 bits per heavy atom. The maximum absolute atomic E-state index is 10.9. The van der Waals surface area contributed by atoms with Crippen LogP contribution in [0.4, 0.5) is 0 Å². The molecule has 1 unspecified atom stereocenters. The van der Waals surface area contributed by atoms with Crippen molar-refractivity contribution in [2.24, 2.45) is 11.5 Å². The van der Waals surface area contributed by atoms with Crippen molar-refractivity contribution in [3.63, 3.8) is 0 Å². The first kappa shape index (κ1) is 11.3. The van der Waals surface area contributed by atoms with Gasteiger partial charge in [-0.15, -0.1) is 0 Å². The van der Waals surface area contributed by atoms with Crippen molar-refractivity contribution in [3.05, 3.63) is 12.7 Å². The van der Waals surface area contributed by atoms with Crippen molar-refractivity contribution >= 4 is 17.7 Å². The Labute approximate surface area is 75.0 Å². The van der Waals surface area contributed by atoms with Crippen LogP contribution < -0.4 is 16.8 Å². The fourth-order valence-electron chi connectivity index (χ4n) is 0.540. The molecule has 0 radical (unpaired) electrons. The van der Waals surface area contributed by atoms with Crippen LogP contribution in [-0.4, -0.2) is 23.8 Å². The van der Waals surface area contributed by atoms with E-state index >= 15 is 0 Å². The van der Waals surface area contributed by atoms with Gasteiger partial charge in [0, 0.05) is 0 Å². The Kier molecular flexibility index (Phi) is 4.39. The lowest BCUT2D eigenvalue weighted by molar-refractivity contribution is -0.130. The van der Waals surface area contributed by atoms with Gasteiger partial charge < -0.3 is 11.5 Å². The maximum Gasteiger partial charge on any atom is 0.249 e. The van der Waals surface area contributed by atoms with Gasteiger partial charge in [0.05, 0.1) is 12.5 Å². The van der Waals surface area contributed by atoms with E-state index in [0.29, 0.717) is 0 Å². The molecule has 0 saturated carbocycles. The summed E-state index contributed by atoms with van der Waals surface area (Å²) in [6, 6.07) is -1.07. The molecule has 0 aromatic carbocycles. The van der Waals surface area contributed by atoms with E-state index in [-0.39, 0.29) is 6.42 Å². The molecule has 0 aliphatic heterocycles. The predicted octanol–water partition coefficient (Wildman–Crippen LogP) is -1.98. The van der Waals surface area contributed by atoms with Gasteiger partial charge in [0.2, 0.25) is 17.7 Å². The van der Waals surface area contributed by atoms with E-state index in [2.05, 4.69) is 6.58 Å². The average molecular weight is 185 g/mol. The summed E-state index contributed by atoms with van der Waals surface area (Å²) in [5.41, 5.74) is 9.96. The van der Waals surface area contributed by atoms with Gasteiger partial charge in [0.1, 0.15) is 0 Å². The van der Waals surface area contributed by atoms with Gasteiger partial charge in [-0.1, -0.05) is 6.58 Å². The number of hydrogen-bond acceptors (Lipinski definition) is 4. The molecule has 6 nitrogen and oxygen atoms in total. The monoisotopic (exact) mass is 185 g/mol. The molecule has 6 heteroatoms. The Bertz CT molecular complexity index is 249. The van der Waals surface area contributed by atoms with Crippen molar-refractivity contribution in [1.82, 2.24) is 5.32 Å². The summed E-state index contributed by atoms with van der Waals surface area (Å²) in [6.45, 7) is 3.14. The smallest absolute Gasteiger partial charge is 0.249 e. The number of carbonyl (C=O) groups is 3. The molecule has 0 spiro atoms. The predicted molar refractivity (Wildman–Crippen MR) is 45.1 cm³/mol. The molecule has 3 amide bonds. The summed E-state index contributed by atoms with van der Waals surface area (Å²) in [5.74, 6) is -2.08. The first-order valence-electron chi connectivity index (χ1n) is 3.48. The van der Waals surface area contributed by atoms with E-state index in [1.165, 1.54) is 0 Å². The number of amides is 3. The maximum atomic E-state index is 10.9. The molecule has 0 bridgehead atoms. The molecular weight excluding hydrogens is 174 g/mol. The SMILES string of the molecule is C=CC(=O)NC(=O)CC(N)C(N)=O. The zero-order valence-corrected chi connectivity index (χ0v) is 6.95. The van der Waals surface area contributed by atoms with Crippen molar-refractivity contribution in [1.29, 1.82) is 0 Å². The van der Waals surface area contributed by atoms with Crippen LogP contribution in [0.25, 0.3) is 0 Å². The van der Waals surface area contributed by atoms with Gasteiger partial charge in [0.15, 0.2) is 0 Å². The number of imide groups is 1. The van der Waals surface area contributed by atoms with Gasteiger partial charge in [-0.2, -0.15) is 0 Å². The Hall–Kier alpha value is -1.69. The van der Waals surface area contributed by atoms with Crippen LogP contribution in [0.5, 0.6) is 0 Å². The van der Waals surface area contributed by atoms with Crippen molar-refractivity contribution in [3.8, 4) is 0 Å². The Morgan fingerprint density at radius 1 is 1.46 bits per heavy atom. The van der Waals surface area contributed by atoms with Crippen molar-refractivity contribution < 1.29 is 14.4 Å². The molecule has 0 heterocycles. The average Bonchev–Trinajstić information content (AvgIpc) is 2.03. The highest BCUT2D eigenvalue weighted by molar-refractivity contribution is 6.01. The highest BCUT2D eigenvalue weighted by Crippen LogP contribution is 1.86. The molecule has 0 aromatic rings. The zero-order chi connectivity index (χ0) is 10.4. The second-order valence-electron chi connectivity index (χ2n) is 2.33. The molecule has 0 saturated heterocycles. The minimum Gasteiger partial charge on any atom is -0.368 e. The number of hydrogen-bond donors (Lipinski definition) is 3. The van der Waals surface area contributed by atoms with E-state index < -0.39 is 23.8 Å². The van der Waals surface area contributed by atoms with Crippen molar-refractivity contribution in [2.75, 3.05) is 0 Å². The second kappa shape index (κ2) is 5.04. The van der Waals surface area contributed by atoms with Gasteiger partial charge in [0.25, 0.3) is 0 Å². The highest BCUT2D eigenvalue weighted by atomic mass is 16.2. The van der Waals surface area contributed by atoms with Crippen LogP contribution >= 0.6 is 0 Å². The van der Waals surface area contributed by atoms with E-state index in [0.717, 1.165) is 6.08 Å². The lowest BCUT2D eigenvalue weighted by atomic mass is 10.2. The fourth-order valence-corrected chi connectivity index (χ4v) is 0.540. The molecular formula is C7H11N3O3. The number of primary amides is 1. The molecule has 72 valence electrons. The second-order valence-corrected chi connectivity index (χ2v) is 2.33. The number of rotatable bonds is 4. The van der Waals surface area contributed by atoms with Crippen LogP contribution in [0, 0.1) is 0 Å². The minimum atomic E-state index is -1.07. The van der Waals surface area contributed by atoms with Crippen LogP contribution in [-0.2, 0) is 14.4 Å². The molecule has 1 atom stereocenters. The topological polar surface area (TPSA) is 115 Å². The summed E-state index contributed by atoms with van der Waals surface area (Å²) < 4.78 is 0. The standard InChI is InChI=1S/C7H11N3O3/c1-2-5(11)10-6(12)3-4(8)7(9)13/h2,4H,1,3,8H2,(H2,9,13)(H,10,11,12). The minimum absolute atomic E-state index is 0.311. The third kappa shape index (κ3) is 4.70. The van der Waals surface area contributed by atoms with Gasteiger partial charge in [-0.3, -0.25) is 19.7 Å². The highest BCUT2D eigenvalue weighted by Gasteiger charge is 2.15. The lowest BCUT2D eigenvalue weighted by Crippen LogP contribution is -2.41. The summed E-state index contributed by atoms with van der Waals surface area (Å²) >= 11 is 0. The van der Waals surface area contributed by atoms with Crippen LogP contribution in [0.3, 0.4) is 0 Å². The van der Waals surface area contributed by atoms with E-state index in [1.54, 1.807) is 0 Å².